The van der Waals surface area contributed by atoms with Gasteiger partial charge < -0.3 is 4.74 Å². The van der Waals surface area contributed by atoms with Gasteiger partial charge in [0.1, 0.15) is 4.90 Å². The summed E-state index contributed by atoms with van der Waals surface area (Å²) in [5.41, 5.74) is 1.08. The van der Waals surface area contributed by atoms with Crippen molar-refractivity contribution in [2.75, 3.05) is 6.61 Å². The average Bonchev–Trinajstić information content (AvgIpc) is 3.09. The second-order valence-electron chi connectivity index (χ2n) is 5.19. The van der Waals surface area contributed by atoms with Crippen LogP contribution in [0.15, 0.2) is 59.9 Å². The third kappa shape index (κ3) is 3.47. The van der Waals surface area contributed by atoms with Gasteiger partial charge in [0.2, 0.25) is 5.28 Å². The number of ether oxygens (including phenoxy) is 1. The number of carbonyl (C=O) groups is 1. The fraction of sp³-hybridized carbons (Fsp3) is 0.118. The summed E-state index contributed by atoms with van der Waals surface area (Å²) >= 11 is 5.63. The van der Waals surface area contributed by atoms with Crippen molar-refractivity contribution in [3.05, 3.63) is 65.8 Å². The molecule has 9 heteroatoms. The molecule has 0 N–H and O–H groups in total. The largest absolute Gasteiger partial charge is 0.462 e. The summed E-state index contributed by atoms with van der Waals surface area (Å²) in [6.07, 6.45) is 3.46. The number of rotatable bonds is 5. The van der Waals surface area contributed by atoms with E-state index in [0.29, 0.717) is 11.3 Å². The van der Waals surface area contributed by atoms with Gasteiger partial charge in [0.15, 0.2) is 0 Å². The summed E-state index contributed by atoms with van der Waals surface area (Å²) in [4.78, 5) is 19.4. The zero-order valence-corrected chi connectivity index (χ0v) is 15.2. The van der Waals surface area contributed by atoms with Gasteiger partial charge in [-0.25, -0.2) is 27.2 Å². The Bertz CT molecular complexity index is 1030. The van der Waals surface area contributed by atoms with Gasteiger partial charge in [-0.05, 0) is 30.2 Å². The minimum absolute atomic E-state index is 0.0630. The van der Waals surface area contributed by atoms with Crippen LogP contribution in [0.25, 0.3) is 11.3 Å². The number of halogens is 1. The Hall–Kier alpha value is -2.71. The molecule has 26 heavy (non-hydrogen) atoms. The molecule has 0 radical (unpaired) electrons. The maximum atomic E-state index is 13.0. The minimum atomic E-state index is -4.04. The van der Waals surface area contributed by atoms with E-state index in [-0.39, 0.29) is 22.3 Å². The van der Waals surface area contributed by atoms with Crippen molar-refractivity contribution >= 4 is 27.6 Å². The van der Waals surface area contributed by atoms with Crippen LogP contribution < -0.4 is 0 Å². The fourth-order valence-corrected chi connectivity index (χ4v) is 3.70. The van der Waals surface area contributed by atoms with E-state index < -0.39 is 16.0 Å². The van der Waals surface area contributed by atoms with E-state index in [9.17, 15) is 13.2 Å². The van der Waals surface area contributed by atoms with Crippen LogP contribution in [-0.2, 0) is 14.8 Å². The summed E-state index contributed by atoms with van der Waals surface area (Å²) in [6.45, 7) is 1.86. The predicted octanol–water partition coefficient (Wildman–Crippen LogP) is 3.01. The van der Waals surface area contributed by atoms with Crippen molar-refractivity contribution in [1.29, 1.82) is 0 Å². The Balaban J connectivity index is 2.18. The Labute approximate surface area is 155 Å². The van der Waals surface area contributed by atoms with Crippen molar-refractivity contribution in [3.8, 4) is 11.3 Å². The Morgan fingerprint density at radius 2 is 1.85 bits per heavy atom. The lowest BCUT2D eigenvalue weighted by molar-refractivity contribution is 0.0526. The fourth-order valence-electron chi connectivity index (χ4n) is 2.34. The molecule has 0 spiro atoms. The van der Waals surface area contributed by atoms with E-state index in [0.717, 1.165) is 16.4 Å². The van der Waals surface area contributed by atoms with Crippen LogP contribution in [-0.4, -0.2) is 34.9 Å². The molecule has 0 aliphatic heterocycles. The highest BCUT2D eigenvalue weighted by atomic mass is 35.5. The van der Waals surface area contributed by atoms with Gasteiger partial charge >= 0.3 is 5.97 Å². The standard InChI is InChI=1S/C17H14ClN3O4S/c1-2-25-16(22)13-8-15(12-6-4-3-5-7-12)21(11-13)26(23,24)14-9-19-17(18)20-10-14/h3-11H,2H2,1H3. The summed E-state index contributed by atoms with van der Waals surface area (Å²) in [5, 5.41) is -0.0630. The van der Waals surface area contributed by atoms with Gasteiger partial charge in [-0.15, -0.1) is 0 Å². The van der Waals surface area contributed by atoms with E-state index in [2.05, 4.69) is 9.97 Å². The minimum Gasteiger partial charge on any atom is -0.462 e. The first-order valence-electron chi connectivity index (χ1n) is 7.61. The molecular formula is C17H14ClN3O4S. The summed E-state index contributed by atoms with van der Waals surface area (Å²) in [7, 11) is -4.04. The second kappa shape index (κ2) is 7.27. The maximum Gasteiger partial charge on any atom is 0.339 e. The smallest absolute Gasteiger partial charge is 0.339 e. The summed E-state index contributed by atoms with van der Waals surface area (Å²) in [6, 6.07) is 10.3. The van der Waals surface area contributed by atoms with Crippen molar-refractivity contribution in [1.82, 2.24) is 13.9 Å². The van der Waals surface area contributed by atoms with E-state index in [1.165, 1.54) is 12.3 Å². The maximum absolute atomic E-state index is 13.0. The molecule has 3 rings (SSSR count). The van der Waals surface area contributed by atoms with Crippen LogP contribution in [0, 0.1) is 0 Å². The van der Waals surface area contributed by atoms with Gasteiger partial charge in [-0.1, -0.05) is 30.3 Å². The van der Waals surface area contributed by atoms with Crippen LogP contribution in [0.4, 0.5) is 0 Å². The van der Waals surface area contributed by atoms with Gasteiger partial charge in [-0.3, -0.25) is 0 Å². The Kier molecular flexibility index (Phi) is 5.06. The molecule has 0 aliphatic rings. The molecule has 134 valence electrons. The zero-order valence-electron chi connectivity index (χ0n) is 13.7. The monoisotopic (exact) mass is 391 g/mol. The highest BCUT2D eigenvalue weighted by Gasteiger charge is 2.24. The van der Waals surface area contributed by atoms with Crippen LogP contribution in [0.5, 0.6) is 0 Å². The van der Waals surface area contributed by atoms with Gasteiger partial charge in [-0.2, -0.15) is 0 Å². The number of aromatic nitrogens is 3. The third-order valence-corrected chi connectivity index (χ3v) is 5.34. The topological polar surface area (TPSA) is 91.2 Å². The molecule has 7 nitrogen and oxygen atoms in total. The number of hydrogen-bond donors (Lipinski definition) is 0. The molecule has 0 fully saturated rings. The SMILES string of the molecule is CCOC(=O)c1cc(-c2ccccc2)n(S(=O)(=O)c2cnc(Cl)nc2)c1. The zero-order chi connectivity index (χ0) is 18.7. The molecule has 3 aromatic rings. The molecule has 0 bridgehead atoms. The van der Waals surface area contributed by atoms with E-state index in [4.69, 9.17) is 16.3 Å². The molecule has 1 aromatic carbocycles. The molecule has 0 aliphatic carbocycles. The van der Waals surface area contributed by atoms with Crippen molar-refractivity contribution in [2.24, 2.45) is 0 Å². The second-order valence-corrected chi connectivity index (χ2v) is 7.34. The van der Waals surface area contributed by atoms with Gasteiger partial charge in [0.25, 0.3) is 10.0 Å². The summed E-state index contributed by atoms with van der Waals surface area (Å²) < 4.78 is 32.0. The number of nitrogens with zero attached hydrogens (tertiary/aromatic N) is 3. The first kappa shape index (κ1) is 18.1. The average molecular weight is 392 g/mol. The molecular weight excluding hydrogens is 378 g/mol. The summed E-state index contributed by atoms with van der Waals surface area (Å²) in [5.74, 6) is -0.606. The van der Waals surface area contributed by atoms with Crippen LogP contribution in [0.1, 0.15) is 17.3 Å². The number of carbonyl (C=O) groups excluding carboxylic acids is 1. The molecule has 0 saturated carbocycles. The third-order valence-electron chi connectivity index (χ3n) is 3.52. The van der Waals surface area contributed by atoms with Crippen LogP contribution in [0.2, 0.25) is 5.28 Å². The highest BCUT2D eigenvalue weighted by molar-refractivity contribution is 7.90. The van der Waals surface area contributed by atoms with Gasteiger partial charge in [0, 0.05) is 6.20 Å². The lowest BCUT2D eigenvalue weighted by Crippen LogP contribution is -2.14. The predicted molar refractivity (Wildman–Crippen MR) is 95.5 cm³/mol. The van der Waals surface area contributed by atoms with E-state index >= 15 is 0 Å². The normalized spacial score (nSPS) is 11.3. The molecule has 2 heterocycles. The van der Waals surface area contributed by atoms with Crippen LogP contribution >= 0.6 is 11.6 Å². The first-order valence-corrected chi connectivity index (χ1v) is 9.43. The lowest BCUT2D eigenvalue weighted by atomic mass is 10.1. The quantitative estimate of drug-likeness (QED) is 0.490. The van der Waals surface area contributed by atoms with Gasteiger partial charge in [0.05, 0.1) is 30.3 Å². The molecule has 0 saturated heterocycles. The van der Waals surface area contributed by atoms with Crippen molar-refractivity contribution < 1.29 is 17.9 Å². The molecule has 0 amide bonds. The molecule has 2 aromatic heterocycles. The van der Waals surface area contributed by atoms with Crippen molar-refractivity contribution in [3.63, 3.8) is 0 Å². The number of esters is 1. The van der Waals surface area contributed by atoms with E-state index in [1.807, 2.05) is 6.07 Å². The van der Waals surface area contributed by atoms with E-state index in [1.54, 1.807) is 31.2 Å². The number of hydrogen-bond acceptors (Lipinski definition) is 6. The Morgan fingerprint density at radius 1 is 1.19 bits per heavy atom. The highest BCUT2D eigenvalue weighted by Crippen LogP contribution is 2.27. The molecule has 0 atom stereocenters. The van der Waals surface area contributed by atoms with Crippen molar-refractivity contribution in [2.45, 2.75) is 11.8 Å². The Morgan fingerprint density at radius 3 is 2.46 bits per heavy atom. The molecule has 0 unspecified atom stereocenters. The first-order chi connectivity index (χ1) is 12.4. The van der Waals surface area contributed by atoms with Crippen LogP contribution in [0.3, 0.4) is 0 Å². The lowest BCUT2D eigenvalue weighted by Gasteiger charge is -2.10. The number of benzene rings is 1.